The van der Waals surface area contributed by atoms with Crippen LogP contribution >= 0.6 is 0 Å². The van der Waals surface area contributed by atoms with Gasteiger partial charge in [0.1, 0.15) is 11.6 Å². The Hall–Kier alpha value is -2.37. The minimum absolute atomic E-state index is 0.0902. The molecule has 0 atom stereocenters. The van der Waals surface area contributed by atoms with E-state index in [-0.39, 0.29) is 11.7 Å². The van der Waals surface area contributed by atoms with Gasteiger partial charge in [0.2, 0.25) is 0 Å². The van der Waals surface area contributed by atoms with E-state index >= 15 is 0 Å². The Morgan fingerprint density at radius 2 is 1.96 bits per heavy atom. The average Bonchev–Trinajstić information content (AvgIpc) is 2.77. The van der Waals surface area contributed by atoms with Gasteiger partial charge in [-0.25, -0.2) is 4.39 Å². The fraction of sp³-hybridized carbons (Fsp3) is 0.412. The number of aromatic nitrogens is 2. The number of unbranched alkanes of at least 4 members (excludes halogenated alkanes) is 1. The number of carbonyl (C=O) groups is 1. The van der Waals surface area contributed by atoms with E-state index in [2.05, 4.69) is 10.4 Å². The third-order valence-corrected chi connectivity index (χ3v) is 3.68. The molecule has 0 aliphatic heterocycles. The number of benzene rings is 1. The molecule has 23 heavy (non-hydrogen) atoms. The van der Waals surface area contributed by atoms with E-state index in [4.69, 9.17) is 4.74 Å². The van der Waals surface area contributed by atoms with Crippen molar-refractivity contribution in [1.82, 2.24) is 15.1 Å². The molecule has 0 aliphatic carbocycles. The lowest BCUT2D eigenvalue weighted by Crippen LogP contribution is -2.25. The van der Waals surface area contributed by atoms with Crippen molar-refractivity contribution in [1.29, 1.82) is 0 Å². The Labute approximate surface area is 135 Å². The van der Waals surface area contributed by atoms with Gasteiger partial charge >= 0.3 is 0 Å². The molecule has 0 aliphatic rings. The van der Waals surface area contributed by atoms with Crippen molar-refractivity contribution in [2.45, 2.75) is 26.7 Å². The summed E-state index contributed by atoms with van der Waals surface area (Å²) in [6.07, 6.45) is 1.62. The monoisotopic (exact) mass is 319 g/mol. The molecule has 1 N–H and O–H groups in total. The van der Waals surface area contributed by atoms with Crippen molar-refractivity contribution in [3.63, 3.8) is 0 Å². The van der Waals surface area contributed by atoms with Gasteiger partial charge in [0, 0.05) is 19.3 Å². The number of nitrogens with zero attached hydrogens (tertiary/aromatic N) is 2. The maximum Gasteiger partial charge on any atom is 0.255 e. The summed E-state index contributed by atoms with van der Waals surface area (Å²) in [5.74, 6) is 0.283. The lowest BCUT2D eigenvalue weighted by atomic mass is 10.2. The second kappa shape index (κ2) is 7.76. The highest BCUT2D eigenvalue weighted by atomic mass is 19.1. The van der Waals surface area contributed by atoms with Crippen LogP contribution in [0.4, 0.5) is 4.39 Å². The predicted octanol–water partition coefficient (Wildman–Crippen LogP) is 2.77. The van der Waals surface area contributed by atoms with Crippen molar-refractivity contribution in [3.8, 4) is 5.75 Å². The largest absolute Gasteiger partial charge is 0.494 e. The smallest absolute Gasteiger partial charge is 0.255 e. The quantitative estimate of drug-likeness (QED) is 0.798. The zero-order valence-corrected chi connectivity index (χ0v) is 13.7. The van der Waals surface area contributed by atoms with Crippen molar-refractivity contribution >= 4 is 5.91 Å². The summed E-state index contributed by atoms with van der Waals surface area (Å²) in [6, 6.07) is 5.94. The summed E-state index contributed by atoms with van der Waals surface area (Å²) >= 11 is 0. The number of aryl methyl sites for hydroxylation is 2. The highest BCUT2D eigenvalue weighted by molar-refractivity contribution is 5.96. The number of nitrogens with one attached hydrogen (secondary N) is 1. The van der Waals surface area contributed by atoms with Gasteiger partial charge in [-0.15, -0.1) is 0 Å². The number of rotatable bonds is 7. The number of ether oxygens (including phenoxy) is 1. The summed E-state index contributed by atoms with van der Waals surface area (Å²) in [5.41, 5.74) is 2.25. The summed E-state index contributed by atoms with van der Waals surface area (Å²) in [7, 11) is 1.83. The van der Waals surface area contributed by atoms with Crippen LogP contribution in [-0.2, 0) is 7.05 Å². The van der Waals surface area contributed by atoms with Crippen molar-refractivity contribution in [2.75, 3.05) is 13.2 Å². The van der Waals surface area contributed by atoms with Gasteiger partial charge in [-0.2, -0.15) is 5.10 Å². The molecule has 0 bridgehead atoms. The van der Waals surface area contributed by atoms with E-state index in [1.54, 1.807) is 16.8 Å². The number of hydrogen-bond acceptors (Lipinski definition) is 3. The Morgan fingerprint density at radius 3 is 2.57 bits per heavy atom. The van der Waals surface area contributed by atoms with Crippen molar-refractivity contribution in [3.05, 3.63) is 47.0 Å². The first-order chi connectivity index (χ1) is 11.0. The van der Waals surface area contributed by atoms with Gasteiger partial charge in [-0.1, -0.05) is 0 Å². The van der Waals surface area contributed by atoms with Crippen LogP contribution < -0.4 is 10.1 Å². The first kappa shape index (κ1) is 17.0. The average molecular weight is 319 g/mol. The molecule has 1 aromatic carbocycles. The van der Waals surface area contributed by atoms with Gasteiger partial charge in [0.05, 0.1) is 17.9 Å². The minimum atomic E-state index is -0.277. The maximum atomic E-state index is 12.7. The summed E-state index contributed by atoms with van der Waals surface area (Å²) in [4.78, 5) is 12.2. The maximum absolute atomic E-state index is 12.7. The molecule has 0 radical (unpaired) electrons. The first-order valence-electron chi connectivity index (χ1n) is 7.66. The normalized spacial score (nSPS) is 10.6. The summed E-state index contributed by atoms with van der Waals surface area (Å²) < 4.78 is 20.0. The molecular formula is C17H22FN3O2. The number of amides is 1. The topological polar surface area (TPSA) is 56.2 Å². The zero-order valence-electron chi connectivity index (χ0n) is 13.7. The lowest BCUT2D eigenvalue weighted by Gasteiger charge is -2.07. The first-order valence-corrected chi connectivity index (χ1v) is 7.66. The molecule has 1 heterocycles. The highest BCUT2D eigenvalue weighted by Crippen LogP contribution is 2.12. The van der Waals surface area contributed by atoms with Crippen LogP contribution in [0, 0.1) is 19.7 Å². The van der Waals surface area contributed by atoms with Crippen LogP contribution in [-0.4, -0.2) is 28.8 Å². The molecule has 0 fully saturated rings. The molecule has 2 aromatic rings. The fourth-order valence-corrected chi connectivity index (χ4v) is 2.34. The molecule has 1 aromatic heterocycles. The van der Waals surface area contributed by atoms with Crippen LogP contribution in [0.15, 0.2) is 24.3 Å². The molecule has 0 spiro atoms. The van der Waals surface area contributed by atoms with E-state index in [9.17, 15) is 9.18 Å². The van der Waals surface area contributed by atoms with Gasteiger partial charge in [0.25, 0.3) is 5.91 Å². The van der Waals surface area contributed by atoms with Gasteiger partial charge < -0.3 is 10.1 Å². The van der Waals surface area contributed by atoms with E-state index in [1.807, 2.05) is 20.9 Å². The standard InChI is InChI=1S/C17H22FN3O2/c1-12-16(13(2)21(3)20-12)17(22)19-10-4-5-11-23-15-8-6-14(18)7-9-15/h6-9H,4-5,10-11H2,1-3H3,(H,19,22). The van der Waals surface area contributed by atoms with Crippen LogP contribution in [0.3, 0.4) is 0 Å². The second-order valence-electron chi connectivity index (χ2n) is 5.43. The number of hydrogen-bond donors (Lipinski definition) is 1. The predicted molar refractivity (Wildman–Crippen MR) is 86.1 cm³/mol. The van der Waals surface area contributed by atoms with Gasteiger partial charge in [-0.3, -0.25) is 9.48 Å². The Morgan fingerprint density at radius 1 is 1.26 bits per heavy atom. The van der Waals surface area contributed by atoms with Crippen molar-refractivity contribution < 1.29 is 13.9 Å². The summed E-state index contributed by atoms with van der Waals surface area (Å²) in [5, 5.41) is 7.14. The molecule has 0 saturated carbocycles. The molecule has 5 nitrogen and oxygen atoms in total. The van der Waals surface area contributed by atoms with Crippen LogP contribution in [0.1, 0.15) is 34.6 Å². The zero-order chi connectivity index (χ0) is 16.8. The third-order valence-electron chi connectivity index (χ3n) is 3.68. The Bertz CT molecular complexity index is 665. The summed E-state index contributed by atoms with van der Waals surface area (Å²) in [6.45, 7) is 4.83. The van der Waals surface area contributed by atoms with Crippen LogP contribution in [0.25, 0.3) is 0 Å². The van der Waals surface area contributed by atoms with Gasteiger partial charge in [0.15, 0.2) is 0 Å². The van der Waals surface area contributed by atoms with E-state index in [1.165, 1.54) is 12.1 Å². The molecular weight excluding hydrogens is 297 g/mol. The van der Waals surface area contributed by atoms with Crippen LogP contribution in [0.2, 0.25) is 0 Å². The van der Waals surface area contributed by atoms with E-state index in [0.29, 0.717) is 24.5 Å². The second-order valence-corrected chi connectivity index (χ2v) is 5.43. The fourth-order valence-electron chi connectivity index (χ4n) is 2.34. The Balaban J connectivity index is 1.67. The van der Waals surface area contributed by atoms with Crippen LogP contribution in [0.5, 0.6) is 5.75 Å². The number of carbonyl (C=O) groups excluding carboxylic acids is 1. The molecule has 2 rings (SSSR count). The van der Waals surface area contributed by atoms with Crippen molar-refractivity contribution in [2.24, 2.45) is 7.05 Å². The SMILES string of the molecule is Cc1nn(C)c(C)c1C(=O)NCCCCOc1ccc(F)cc1. The van der Waals surface area contributed by atoms with Gasteiger partial charge in [-0.05, 0) is 51.0 Å². The molecule has 0 saturated heterocycles. The molecule has 1 amide bonds. The molecule has 0 unspecified atom stereocenters. The lowest BCUT2D eigenvalue weighted by molar-refractivity contribution is 0.0951. The highest BCUT2D eigenvalue weighted by Gasteiger charge is 2.16. The number of halogens is 1. The molecule has 6 heteroatoms. The van der Waals surface area contributed by atoms with E-state index in [0.717, 1.165) is 24.2 Å². The molecule has 124 valence electrons. The Kier molecular flexibility index (Phi) is 5.73. The third kappa shape index (κ3) is 4.55. The van der Waals surface area contributed by atoms with E-state index < -0.39 is 0 Å². The minimum Gasteiger partial charge on any atom is -0.494 e.